The Morgan fingerprint density at radius 3 is 2.44 bits per heavy atom. The Morgan fingerprint density at radius 1 is 1.09 bits per heavy atom. The van der Waals surface area contributed by atoms with Crippen molar-refractivity contribution in [3.63, 3.8) is 0 Å². The van der Waals surface area contributed by atoms with Gasteiger partial charge in [-0.1, -0.05) is 12.1 Å². The minimum absolute atomic E-state index is 0.0356. The van der Waals surface area contributed by atoms with E-state index in [0.29, 0.717) is 37.8 Å². The molecule has 1 aliphatic heterocycles. The summed E-state index contributed by atoms with van der Waals surface area (Å²) in [6.45, 7) is 3.84. The molecular formula is C22H30N3O6S+. The van der Waals surface area contributed by atoms with Gasteiger partial charge in [0.25, 0.3) is 5.91 Å². The first-order valence-electron chi connectivity index (χ1n) is 10.5. The smallest absolute Gasteiger partial charge is 0.260 e. The number of ether oxygens (including phenoxy) is 3. The number of rotatable bonds is 10. The van der Waals surface area contributed by atoms with Gasteiger partial charge < -0.3 is 24.4 Å². The van der Waals surface area contributed by atoms with E-state index in [1.54, 1.807) is 24.1 Å². The molecule has 1 heterocycles. The Hall–Kier alpha value is -2.66. The van der Waals surface area contributed by atoms with Crippen LogP contribution in [0.25, 0.3) is 0 Å². The first kappa shape index (κ1) is 24.0. The third-order valence-electron chi connectivity index (χ3n) is 5.21. The maximum atomic E-state index is 12.3. The number of benzene rings is 2. The van der Waals surface area contributed by atoms with Crippen molar-refractivity contribution in [2.24, 2.45) is 5.14 Å². The zero-order chi connectivity index (χ0) is 23.0. The van der Waals surface area contributed by atoms with E-state index in [9.17, 15) is 13.2 Å². The average Bonchev–Trinajstić information content (AvgIpc) is 2.81. The second-order valence-corrected chi connectivity index (χ2v) is 9.05. The van der Waals surface area contributed by atoms with Crippen LogP contribution in [0.3, 0.4) is 0 Å². The molecule has 1 saturated heterocycles. The molecule has 3 rings (SSSR count). The summed E-state index contributed by atoms with van der Waals surface area (Å²) < 4.78 is 39.0. The topological polar surface area (TPSA) is 125 Å². The summed E-state index contributed by atoms with van der Waals surface area (Å²) in [6.07, 6.45) is 0.798. The van der Waals surface area contributed by atoms with Gasteiger partial charge in [-0.15, -0.1) is 0 Å². The second-order valence-electron chi connectivity index (χ2n) is 7.49. The van der Waals surface area contributed by atoms with Crippen LogP contribution in [0, 0.1) is 0 Å². The molecule has 1 fully saturated rings. The maximum Gasteiger partial charge on any atom is 0.260 e. The van der Waals surface area contributed by atoms with Crippen LogP contribution in [-0.2, 0) is 32.5 Å². The minimum atomic E-state index is -3.66. The van der Waals surface area contributed by atoms with Gasteiger partial charge in [0, 0.05) is 25.1 Å². The van der Waals surface area contributed by atoms with Crippen LogP contribution < -0.4 is 19.9 Å². The van der Waals surface area contributed by atoms with Crippen molar-refractivity contribution < 1.29 is 32.7 Å². The van der Waals surface area contributed by atoms with Crippen molar-refractivity contribution in [3.8, 4) is 11.5 Å². The van der Waals surface area contributed by atoms with Crippen LogP contribution in [-0.4, -0.2) is 65.8 Å². The van der Waals surface area contributed by atoms with Crippen molar-refractivity contribution in [1.29, 1.82) is 0 Å². The quantitative estimate of drug-likeness (QED) is 0.473. The normalized spacial score (nSPS) is 14.2. The fourth-order valence-electron chi connectivity index (χ4n) is 3.38. The molecule has 0 aromatic heterocycles. The van der Waals surface area contributed by atoms with E-state index in [1.165, 1.54) is 12.1 Å². The molecule has 2 aromatic carbocycles. The highest BCUT2D eigenvalue weighted by atomic mass is 32.2. The number of amides is 1. The first-order valence-corrected chi connectivity index (χ1v) is 12.0. The zero-order valence-electron chi connectivity index (χ0n) is 18.2. The van der Waals surface area contributed by atoms with Crippen LogP contribution in [0.2, 0.25) is 0 Å². The van der Waals surface area contributed by atoms with Gasteiger partial charge >= 0.3 is 0 Å². The number of quaternary nitrogens is 1. The number of hydrogen-bond acceptors (Lipinski definition) is 6. The number of morpholine rings is 1. The highest BCUT2D eigenvalue weighted by molar-refractivity contribution is 7.89. The van der Waals surface area contributed by atoms with Gasteiger partial charge in [0.2, 0.25) is 10.0 Å². The highest BCUT2D eigenvalue weighted by Crippen LogP contribution is 2.28. The van der Waals surface area contributed by atoms with E-state index >= 15 is 0 Å². The molecule has 0 bridgehead atoms. The van der Waals surface area contributed by atoms with E-state index in [1.807, 2.05) is 18.2 Å². The molecular weight excluding hydrogens is 434 g/mol. The summed E-state index contributed by atoms with van der Waals surface area (Å²) in [4.78, 5) is 14.1. The molecule has 0 radical (unpaired) electrons. The van der Waals surface area contributed by atoms with Gasteiger partial charge in [0.05, 0.1) is 31.8 Å². The van der Waals surface area contributed by atoms with Crippen LogP contribution in [0.15, 0.2) is 47.4 Å². The van der Waals surface area contributed by atoms with Crippen LogP contribution in [0.1, 0.15) is 11.1 Å². The van der Waals surface area contributed by atoms with E-state index in [2.05, 4.69) is 5.32 Å². The Labute approximate surface area is 188 Å². The standard InChI is InChI=1S/C22H29N3O6S/c1-29-21-14-18(4-7-20(21)31-16-22(26)25-10-12-30-13-11-25)15-24-9-8-17-2-5-19(6-3-17)32(23,27)28/h2-7,14,24H,8-13,15-16H2,1H3,(H2,23,27,28)/p+1. The van der Waals surface area contributed by atoms with Gasteiger partial charge in [0.15, 0.2) is 18.1 Å². The molecule has 174 valence electrons. The molecule has 10 heteroatoms. The number of nitrogens with two attached hydrogens (primary N) is 2. The summed E-state index contributed by atoms with van der Waals surface area (Å²) in [5.41, 5.74) is 2.11. The first-order chi connectivity index (χ1) is 15.4. The van der Waals surface area contributed by atoms with Gasteiger partial charge in [-0.05, 0) is 35.9 Å². The summed E-state index contributed by atoms with van der Waals surface area (Å²) in [7, 11) is -2.09. The summed E-state index contributed by atoms with van der Waals surface area (Å²) in [5.74, 6) is 1.06. The number of methoxy groups -OCH3 is 1. The molecule has 0 spiro atoms. The van der Waals surface area contributed by atoms with Crippen molar-refractivity contribution in [2.45, 2.75) is 17.9 Å². The predicted molar refractivity (Wildman–Crippen MR) is 118 cm³/mol. The predicted octanol–water partition coefficient (Wildman–Crippen LogP) is -0.114. The van der Waals surface area contributed by atoms with Gasteiger partial charge in [0.1, 0.15) is 6.54 Å². The molecule has 1 amide bonds. The monoisotopic (exact) mass is 464 g/mol. The minimum Gasteiger partial charge on any atom is -0.493 e. The summed E-state index contributed by atoms with van der Waals surface area (Å²) >= 11 is 0. The molecule has 9 nitrogen and oxygen atoms in total. The number of primary sulfonamides is 1. The highest BCUT2D eigenvalue weighted by Gasteiger charge is 2.18. The zero-order valence-corrected chi connectivity index (χ0v) is 19.0. The van der Waals surface area contributed by atoms with Gasteiger partial charge in [-0.3, -0.25) is 4.79 Å². The molecule has 32 heavy (non-hydrogen) atoms. The van der Waals surface area contributed by atoms with Crippen molar-refractivity contribution in [3.05, 3.63) is 53.6 Å². The largest absolute Gasteiger partial charge is 0.493 e. The number of carbonyl (C=O) groups is 1. The SMILES string of the molecule is COc1cc(C[NH2+]CCc2ccc(S(N)(=O)=O)cc2)ccc1OCC(=O)N1CCOCC1. The third-order valence-corrected chi connectivity index (χ3v) is 6.14. The Balaban J connectivity index is 1.46. The van der Waals surface area contributed by atoms with Crippen LogP contribution >= 0.6 is 0 Å². The van der Waals surface area contributed by atoms with Crippen molar-refractivity contribution in [1.82, 2.24) is 4.90 Å². The average molecular weight is 465 g/mol. The van der Waals surface area contributed by atoms with E-state index in [-0.39, 0.29) is 17.4 Å². The Kier molecular flexibility index (Phi) is 8.46. The maximum absolute atomic E-state index is 12.3. The number of sulfonamides is 1. The second kappa shape index (κ2) is 11.3. The lowest BCUT2D eigenvalue weighted by molar-refractivity contribution is -0.670. The van der Waals surface area contributed by atoms with Crippen LogP contribution in [0.4, 0.5) is 0 Å². The summed E-state index contributed by atoms with van der Waals surface area (Å²) in [6, 6.07) is 12.3. The van der Waals surface area contributed by atoms with Crippen LogP contribution in [0.5, 0.6) is 11.5 Å². The fourth-order valence-corrected chi connectivity index (χ4v) is 3.90. The Bertz CT molecular complexity index is 1000. The van der Waals surface area contributed by atoms with E-state index < -0.39 is 10.0 Å². The summed E-state index contributed by atoms with van der Waals surface area (Å²) in [5, 5.41) is 7.28. The number of hydrogen-bond donors (Lipinski definition) is 2. The molecule has 0 aliphatic carbocycles. The molecule has 4 N–H and O–H groups in total. The molecule has 1 aliphatic rings. The van der Waals surface area contributed by atoms with Gasteiger partial charge in [-0.2, -0.15) is 0 Å². The lowest BCUT2D eigenvalue weighted by atomic mass is 10.1. The van der Waals surface area contributed by atoms with E-state index in [0.717, 1.165) is 30.6 Å². The third kappa shape index (κ3) is 6.92. The molecule has 0 unspecified atom stereocenters. The van der Waals surface area contributed by atoms with Gasteiger partial charge in [-0.25, -0.2) is 13.6 Å². The lowest BCUT2D eigenvalue weighted by Crippen LogP contribution is -2.83. The van der Waals surface area contributed by atoms with Crippen molar-refractivity contribution in [2.75, 3.05) is 46.6 Å². The number of carbonyl (C=O) groups excluding carboxylic acids is 1. The molecule has 0 atom stereocenters. The lowest BCUT2D eigenvalue weighted by Gasteiger charge is -2.26. The number of nitrogens with zero attached hydrogens (tertiary/aromatic N) is 1. The van der Waals surface area contributed by atoms with E-state index in [4.69, 9.17) is 19.3 Å². The molecule has 2 aromatic rings. The van der Waals surface area contributed by atoms with Crippen molar-refractivity contribution >= 4 is 15.9 Å². The molecule has 0 saturated carbocycles. The Morgan fingerprint density at radius 2 is 1.78 bits per heavy atom. The fraction of sp³-hybridized carbons (Fsp3) is 0.409.